The van der Waals surface area contributed by atoms with E-state index in [4.69, 9.17) is 5.11 Å². The number of aryl methyl sites for hydroxylation is 1. The van der Waals surface area contributed by atoms with Crippen LogP contribution in [0, 0.1) is 19.8 Å². The molecule has 2 atom stereocenters. The average molecular weight is 264 g/mol. The number of nitrogens with zero attached hydrogens (tertiary/aromatic N) is 2. The van der Waals surface area contributed by atoms with Crippen LogP contribution in [0.1, 0.15) is 49.2 Å². The van der Waals surface area contributed by atoms with Crippen LogP contribution in [-0.4, -0.2) is 20.6 Å². The lowest BCUT2D eigenvalue weighted by Gasteiger charge is -2.23. The van der Waals surface area contributed by atoms with Gasteiger partial charge in [-0.2, -0.15) is 4.98 Å². The molecule has 2 rings (SSSR count). The second-order valence-corrected chi connectivity index (χ2v) is 5.46. The van der Waals surface area contributed by atoms with E-state index in [2.05, 4.69) is 11.9 Å². The number of aliphatic carboxylic acids is 1. The molecule has 2 unspecified atom stereocenters. The van der Waals surface area contributed by atoms with E-state index in [0.717, 1.165) is 25.0 Å². The molecule has 1 heterocycles. The third kappa shape index (κ3) is 2.55. The summed E-state index contributed by atoms with van der Waals surface area (Å²) >= 11 is 0. The SMILES string of the molecule is Cc1nc(=O)n(C2CCCC2C)c(C)c1CC(=O)O. The van der Waals surface area contributed by atoms with Crippen LogP contribution >= 0.6 is 0 Å². The molecule has 0 radical (unpaired) electrons. The summed E-state index contributed by atoms with van der Waals surface area (Å²) < 4.78 is 1.71. The maximum atomic E-state index is 12.1. The molecule has 0 aliphatic heterocycles. The molecule has 1 aliphatic rings. The highest BCUT2D eigenvalue weighted by atomic mass is 16.4. The highest BCUT2D eigenvalue weighted by Crippen LogP contribution is 2.35. The van der Waals surface area contributed by atoms with Gasteiger partial charge in [0.25, 0.3) is 0 Å². The first-order valence-electron chi connectivity index (χ1n) is 6.72. The van der Waals surface area contributed by atoms with E-state index in [1.165, 1.54) is 0 Å². The zero-order chi connectivity index (χ0) is 14.2. The molecule has 0 aromatic carbocycles. The maximum Gasteiger partial charge on any atom is 0.348 e. The Morgan fingerprint density at radius 1 is 1.42 bits per heavy atom. The van der Waals surface area contributed by atoms with Gasteiger partial charge >= 0.3 is 11.7 Å². The standard InChI is InChI=1S/C14H20N2O3/c1-8-5-4-6-12(8)16-10(3)11(7-13(17)18)9(2)15-14(16)19/h8,12H,4-7H2,1-3H3,(H,17,18). The summed E-state index contributed by atoms with van der Waals surface area (Å²) in [7, 11) is 0. The first-order valence-corrected chi connectivity index (χ1v) is 6.72. The third-order valence-electron chi connectivity index (χ3n) is 4.18. The van der Waals surface area contributed by atoms with Crippen molar-refractivity contribution in [2.45, 2.75) is 52.5 Å². The Hall–Kier alpha value is -1.65. The Morgan fingerprint density at radius 3 is 2.63 bits per heavy atom. The van der Waals surface area contributed by atoms with Gasteiger partial charge in [-0.15, -0.1) is 0 Å². The van der Waals surface area contributed by atoms with Gasteiger partial charge in [-0.05, 0) is 32.6 Å². The van der Waals surface area contributed by atoms with Gasteiger partial charge in [0.05, 0.1) is 6.42 Å². The average Bonchev–Trinajstić information content (AvgIpc) is 2.71. The summed E-state index contributed by atoms with van der Waals surface area (Å²) in [4.78, 5) is 27.1. The van der Waals surface area contributed by atoms with Crippen LogP contribution in [0.5, 0.6) is 0 Å². The van der Waals surface area contributed by atoms with Crippen molar-refractivity contribution >= 4 is 5.97 Å². The van der Waals surface area contributed by atoms with Crippen molar-refractivity contribution in [2.24, 2.45) is 5.92 Å². The smallest absolute Gasteiger partial charge is 0.348 e. The van der Waals surface area contributed by atoms with Crippen LogP contribution in [0.15, 0.2) is 4.79 Å². The number of aromatic nitrogens is 2. The second kappa shape index (κ2) is 5.15. The minimum absolute atomic E-state index is 0.0773. The summed E-state index contributed by atoms with van der Waals surface area (Å²) in [6, 6.07) is 0.160. The molecule has 0 amide bonds. The molecule has 5 heteroatoms. The zero-order valence-electron chi connectivity index (χ0n) is 11.6. The quantitative estimate of drug-likeness (QED) is 0.904. The van der Waals surface area contributed by atoms with Crippen LogP contribution in [0.3, 0.4) is 0 Å². The summed E-state index contributed by atoms with van der Waals surface area (Å²) in [5.74, 6) is -0.448. The van der Waals surface area contributed by atoms with Crippen LogP contribution in [0.4, 0.5) is 0 Å². The molecule has 5 nitrogen and oxygen atoms in total. The van der Waals surface area contributed by atoms with Gasteiger partial charge in [0, 0.05) is 23.0 Å². The van der Waals surface area contributed by atoms with E-state index < -0.39 is 5.97 Å². The van der Waals surface area contributed by atoms with Crippen molar-refractivity contribution in [2.75, 3.05) is 0 Å². The fraction of sp³-hybridized carbons (Fsp3) is 0.643. The predicted octanol–water partition coefficient (Wildman–Crippen LogP) is 1.85. The molecule has 0 bridgehead atoms. The van der Waals surface area contributed by atoms with E-state index in [1.54, 1.807) is 11.5 Å². The molecule has 1 aromatic heterocycles. The van der Waals surface area contributed by atoms with Crippen molar-refractivity contribution in [3.05, 3.63) is 27.4 Å². The molecule has 104 valence electrons. The molecule has 0 saturated heterocycles. The van der Waals surface area contributed by atoms with Crippen molar-refractivity contribution < 1.29 is 9.90 Å². The fourth-order valence-electron chi connectivity index (χ4n) is 3.12. The Balaban J connectivity index is 2.54. The number of rotatable bonds is 3. The number of hydrogen-bond donors (Lipinski definition) is 1. The highest BCUT2D eigenvalue weighted by Gasteiger charge is 2.28. The molecular weight excluding hydrogens is 244 g/mol. The lowest BCUT2D eigenvalue weighted by molar-refractivity contribution is -0.136. The van der Waals surface area contributed by atoms with Crippen LogP contribution < -0.4 is 5.69 Å². The number of carboxylic acid groups (broad SMARTS) is 1. The minimum Gasteiger partial charge on any atom is -0.481 e. The van der Waals surface area contributed by atoms with Gasteiger partial charge in [0.2, 0.25) is 0 Å². The van der Waals surface area contributed by atoms with E-state index in [9.17, 15) is 9.59 Å². The van der Waals surface area contributed by atoms with E-state index in [-0.39, 0.29) is 18.2 Å². The van der Waals surface area contributed by atoms with Gasteiger partial charge in [-0.3, -0.25) is 9.36 Å². The van der Waals surface area contributed by atoms with E-state index in [0.29, 0.717) is 17.2 Å². The van der Waals surface area contributed by atoms with Gasteiger partial charge in [-0.1, -0.05) is 13.3 Å². The Labute approximate surface area is 112 Å². The Kier molecular flexibility index (Phi) is 3.73. The highest BCUT2D eigenvalue weighted by molar-refractivity contribution is 5.70. The van der Waals surface area contributed by atoms with E-state index in [1.807, 2.05) is 6.92 Å². The first kappa shape index (κ1) is 13.8. The summed E-state index contributed by atoms with van der Waals surface area (Å²) in [6.45, 7) is 5.68. The van der Waals surface area contributed by atoms with Gasteiger partial charge < -0.3 is 5.11 Å². The summed E-state index contributed by atoms with van der Waals surface area (Å²) in [6.07, 6.45) is 3.11. The van der Waals surface area contributed by atoms with Crippen molar-refractivity contribution in [1.82, 2.24) is 9.55 Å². The molecular formula is C14H20N2O3. The summed E-state index contributed by atoms with van der Waals surface area (Å²) in [5.41, 5.74) is 1.72. The lowest BCUT2D eigenvalue weighted by Crippen LogP contribution is -2.32. The van der Waals surface area contributed by atoms with Crippen molar-refractivity contribution in [3.8, 4) is 0 Å². The molecule has 1 fully saturated rings. The van der Waals surface area contributed by atoms with Crippen LogP contribution in [0.25, 0.3) is 0 Å². The molecule has 1 saturated carbocycles. The predicted molar refractivity (Wildman–Crippen MR) is 71.4 cm³/mol. The van der Waals surface area contributed by atoms with Crippen molar-refractivity contribution in [1.29, 1.82) is 0 Å². The van der Waals surface area contributed by atoms with Crippen molar-refractivity contribution in [3.63, 3.8) is 0 Å². The largest absolute Gasteiger partial charge is 0.481 e. The van der Waals surface area contributed by atoms with E-state index >= 15 is 0 Å². The second-order valence-electron chi connectivity index (χ2n) is 5.46. The van der Waals surface area contributed by atoms with Gasteiger partial charge in [-0.25, -0.2) is 4.79 Å². The third-order valence-corrected chi connectivity index (χ3v) is 4.18. The first-order chi connectivity index (χ1) is 8.91. The molecule has 1 aliphatic carbocycles. The Bertz CT molecular complexity index is 563. The fourth-order valence-corrected chi connectivity index (χ4v) is 3.12. The number of carbonyl (C=O) groups is 1. The topological polar surface area (TPSA) is 72.2 Å². The molecule has 1 N–H and O–H groups in total. The van der Waals surface area contributed by atoms with Gasteiger partial charge in [0.1, 0.15) is 0 Å². The molecule has 0 spiro atoms. The van der Waals surface area contributed by atoms with Gasteiger partial charge in [0.15, 0.2) is 0 Å². The van der Waals surface area contributed by atoms with Crippen LogP contribution in [0.2, 0.25) is 0 Å². The normalized spacial score (nSPS) is 22.7. The minimum atomic E-state index is -0.891. The number of carboxylic acids is 1. The molecule has 1 aromatic rings. The lowest BCUT2D eigenvalue weighted by atomic mass is 10.0. The number of hydrogen-bond acceptors (Lipinski definition) is 3. The maximum absolute atomic E-state index is 12.1. The monoisotopic (exact) mass is 264 g/mol. The van der Waals surface area contributed by atoms with Crippen LogP contribution in [-0.2, 0) is 11.2 Å². The Morgan fingerprint density at radius 2 is 2.11 bits per heavy atom. The summed E-state index contributed by atoms with van der Waals surface area (Å²) in [5, 5.41) is 8.98. The zero-order valence-corrected chi connectivity index (χ0v) is 11.6. The molecule has 19 heavy (non-hydrogen) atoms.